The maximum Gasteiger partial charge on any atom is 0.327 e. The van der Waals surface area contributed by atoms with Crippen molar-refractivity contribution < 1.29 is 14.7 Å². The predicted molar refractivity (Wildman–Crippen MR) is 71.5 cm³/mol. The van der Waals surface area contributed by atoms with Gasteiger partial charge in [0, 0.05) is 12.7 Å². The zero-order chi connectivity index (χ0) is 13.1. The van der Waals surface area contributed by atoms with Gasteiger partial charge in [0.05, 0.1) is 0 Å². The van der Waals surface area contributed by atoms with Gasteiger partial charge in [-0.05, 0) is 42.8 Å². The molecule has 0 heterocycles. The number of thioether (sulfide) groups is 1. The number of fused-ring (bicyclic) bond motifs is 2. The van der Waals surface area contributed by atoms with E-state index in [9.17, 15) is 9.59 Å². The number of rotatable bonds is 6. The first kappa shape index (κ1) is 13.7. The molecule has 2 aliphatic rings. The van der Waals surface area contributed by atoms with E-state index in [-0.39, 0.29) is 5.91 Å². The highest BCUT2D eigenvalue weighted by Crippen LogP contribution is 2.49. The van der Waals surface area contributed by atoms with Gasteiger partial charge < -0.3 is 10.4 Å². The molecule has 0 aromatic heterocycles. The maximum atomic E-state index is 11.0. The number of amides is 1. The molecule has 0 aliphatic heterocycles. The molecule has 5 heteroatoms. The highest BCUT2D eigenvalue weighted by molar-refractivity contribution is 7.99. The fraction of sp³-hybridized carbons (Fsp3) is 0.846. The van der Waals surface area contributed by atoms with Crippen molar-refractivity contribution >= 4 is 23.6 Å². The second-order valence-corrected chi connectivity index (χ2v) is 6.64. The number of hydrogen-bond donors (Lipinski definition) is 2. The van der Waals surface area contributed by atoms with Crippen LogP contribution in [0, 0.1) is 17.8 Å². The molecule has 4 unspecified atom stereocenters. The molecule has 0 aromatic rings. The molecule has 2 N–H and O–H groups in total. The Hall–Kier alpha value is -0.710. The van der Waals surface area contributed by atoms with Crippen molar-refractivity contribution in [2.24, 2.45) is 17.8 Å². The van der Waals surface area contributed by atoms with Crippen molar-refractivity contribution in [2.75, 3.05) is 11.5 Å². The first-order valence-electron chi connectivity index (χ1n) is 6.64. The number of carboxylic acid groups (broad SMARTS) is 1. The summed E-state index contributed by atoms with van der Waals surface area (Å²) in [6, 6.07) is -0.744. The molecule has 0 radical (unpaired) electrons. The standard InChI is InChI=1S/C13H21NO3S/c1-8(15)14-12(13(16)17)7-18-6-11-5-9-2-3-10(11)4-9/h9-12H,2-7H2,1H3,(H,14,15)(H,16,17). The van der Waals surface area contributed by atoms with Crippen LogP contribution in [0.4, 0.5) is 0 Å². The number of aliphatic carboxylic acids is 1. The van der Waals surface area contributed by atoms with E-state index in [1.807, 2.05) is 0 Å². The minimum atomic E-state index is -0.939. The molecular weight excluding hydrogens is 250 g/mol. The Balaban J connectivity index is 1.70. The SMILES string of the molecule is CC(=O)NC(CSCC1CC2CCC1C2)C(=O)O. The van der Waals surface area contributed by atoms with Gasteiger partial charge in [0.15, 0.2) is 0 Å². The van der Waals surface area contributed by atoms with E-state index in [2.05, 4.69) is 5.32 Å². The zero-order valence-electron chi connectivity index (χ0n) is 10.7. The number of carbonyl (C=O) groups excluding carboxylic acids is 1. The van der Waals surface area contributed by atoms with Crippen molar-refractivity contribution in [3.05, 3.63) is 0 Å². The molecule has 0 aromatic carbocycles. The highest BCUT2D eigenvalue weighted by atomic mass is 32.2. The van der Waals surface area contributed by atoms with Crippen LogP contribution >= 0.6 is 11.8 Å². The van der Waals surface area contributed by atoms with E-state index in [1.54, 1.807) is 11.8 Å². The summed E-state index contributed by atoms with van der Waals surface area (Å²) in [6.45, 7) is 1.36. The van der Waals surface area contributed by atoms with Gasteiger partial charge in [-0.2, -0.15) is 11.8 Å². The van der Waals surface area contributed by atoms with Crippen molar-refractivity contribution in [3.8, 4) is 0 Å². The van der Waals surface area contributed by atoms with Crippen molar-refractivity contribution in [3.63, 3.8) is 0 Å². The van der Waals surface area contributed by atoms with Gasteiger partial charge in [0.25, 0.3) is 0 Å². The summed E-state index contributed by atoms with van der Waals surface area (Å²) in [5.41, 5.74) is 0. The Morgan fingerprint density at radius 3 is 2.67 bits per heavy atom. The summed E-state index contributed by atoms with van der Waals surface area (Å²) in [4.78, 5) is 21.9. The van der Waals surface area contributed by atoms with Crippen LogP contribution in [0.5, 0.6) is 0 Å². The fourth-order valence-corrected chi connectivity index (χ4v) is 4.65. The summed E-state index contributed by atoms with van der Waals surface area (Å²) in [6.07, 6.45) is 5.48. The normalized spacial score (nSPS) is 31.3. The summed E-state index contributed by atoms with van der Waals surface area (Å²) in [5.74, 6) is 2.90. The van der Waals surface area contributed by atoms with Crippen LogP contribution in [-0.4, -0.2) is 34.5 Å². The molecule has 4 atom stereocenters. The summed E-state index contributed by atoms with van der Waals surface area (Å²) < 4.78 is 0. The van der Waals surface area contributed by atoms with E-state index in [0.29, 0.717) is 5.75 Å². The molecule has 4 nitrogen and oxygen atoms in total. The van der Waals surface area contributed by atoms with E-state index < -0.39 is 12.0 Å². The topological polar surface area (TPSA) is 66.4 Å². The van der Waals surface area contributed by atoms with Gasteiger partial charge in [-0.15, -0.1) is 0 Å². The number of hydrogen-bond acceptors (Lipinski definition) is 3. The lowest BCUT2D eigenvalue weighted by molar-refractivity contribution is -0.140. The third-order valence-corrected chi connectivity index (χ3v) is 5.41. The first-order valence-corrected chi connectivity index (χ1v) is 7.79. The van der Waals surface area contributed by atoms with Crippen LogP contribution in [0.3, 0.4) is 0 Å². The van der Waals surface area contributed by atoms with Gasteiger partial charge in [-0.1, -0.05) is 6.42 Å². The Kier molecular flexibility index (Phi) is 4.54. The second kappa shape index (κ2) is 5.95. The predicted octanol–water partition coefficient (Wildman–Crippen LogP) is 1.75. The maximum absolute atomic E-state index is 11.0. The molecule has 0 spiro atoms. The van der Waals surface area contributed by atoms with Crippen molar-refractivity contribution in [2.45, 2.75) is 38.6 Å². The molecule has 2 rings (SSSR count). The Bertz CT molecular complexity index is 334. The smallest absolute Gasteiger partial charge is 0.327 e. The van der Waals surface area contributed by atoms with Gasteiger partial charge in [0.2, 0.25) is 5.91 Å². The van der Waals surface area contributed by atoms with Gasteiger partial charge in [0.1, 0.15) is 6.04 Å². The van der Waals surface area contributed by atoms with Crippen molar-refractivity contribution in [1.82, 2.24) is 5.32 Å². The molecule has 2 bridgehead atoms. The van der Waals surface area contributed by atoms with E-state index in [4.69, 9.17) is 5.11 Å². The summed E-state index contributed by atoms with van der Waals surface area (Å²) in [7, 11) is 0. The molecule has 18 heavy (non-hydrogen) atoms. The van der Waals surface area contributed by atoms with Crippen LogP contribution in [0.1, 0.15) is 32.6 Å². The minimum Gasteiger partial charge on any atom is -0.480 e. The molecule has 2 fully saturated rings. The fourth-order valence-electron chi connectivity index (χ4n) is 3.34. The summed E-state index contributed by atoms with van der Waals surface area (Å²) in [5, 5.41) is 11.5. The lowest BCUT2D eigenvalue weighted by Gasteiger charge is -2.22. The van der Waals surface area contributed by atoms with E-state index in [0.717, 1.165) is 23.5 Å². The minimum absolute atomic E-state index is 0.275. The Labute approximate surface area is 112 Å². The van der Waals surface area contributed by atoms with Gasteiger partial charge in [-0.3, -0.25) is 4.79 Å². The molecular formula is C13H21NO3S. The number of nitrogens with one attached hydrogen (secondary N) is 1. The largest absolute Gasteiger partial charge is 0.480 e. The monoisotopic (exact) mass is 271 g/mol. The van der Waals surface area contributed by atoms with Crippen LogP contribution in [0.25, 0.3) is 0 Å². The third kappa shape index (κ3) is 3.40. The van der Waals surface area contributed by atoms with Crippen LogP contribution in [0.15, 0.2) is 0 Å². The van der Waals surface area contributed by atoms with Crippen LogP contribution in [-0.2, 0) is 9.59 Å². The molecule has 1 amide bonds. The van der Waals surface area contributed by atoms with Crippen molar-refractivity contribution in [1.29, 1.82) is 0 Å². The average molecular weight is 271 g/mol. The zero-order valence-corrected chi connectivity index (χ0v) is 11.5. The third-order valence-electron chi connectivity index (χ3n) is 4.18. The first-order chi connectivity index (χ1) is 8.56. The summed E-state index contributed by atoms with van der Waals surface area (Å²) >= 11 is 1.67. The molecule has 102 valence electrons. The lowest BCUT2D eigenvalue weighted by atomic mass is 9.90. The average Bonchev–Trinajstić information content (AvgIpc) is 2.88. The molecule has 2 aliphatic carbocycles. The van der Waals surface area contributed by atoms with Gasteiger partial charge >= 0.3 is 5.97 Å². The van der Waals surface area contributed by atoms with Gasteiger partial charge in [-0.25, -0.2) is 4.79 Å². The van der Waals surface area contributed by atoms with E-state index in [1.165, 1.54) is 32.6 Å². The highest BCUT2D eigenvalue weighted by Gasteiger charge is 2.39. The van der Waals surface area contributed by atoms with Crippen LogP contribution in [0.2, 0.25) is 0 Å². The molecule has 0 saturated heterocycles. The van der Waals surface area contributed by atoms with E-state index >= 15 is 0 Å². The second-order valence-electron chi connectivity index (χ2n) is 5.56. The Morgan fingerprint density at radius 2 is 2.17 bits per heavy atom. The lowest BCUT2D eigenvalue weighted by Crippen LogP contribution is -2.41. The molecule has 2 saturated carbocycles. The quantitative estimate of drug-likeness (QED) is 0.772. The Morgan fingerprint density at radius 1 is 1.39 bits per heavy atom. The number of carboxylic acids is 1. The van der Waals surface area contributed by atoms with Crippen LogP contribution < -0.4 is 5.32 Å². The number of carbonyl (C=O) groups is 2.